The fraction of sp³-hybridized carbons (Fsp3) is 0.500. The van der Waals surface area contributed by atoms with E-state index in [1.165, 1.54) is 0 Å². The second-order valence-corrected chi connectivity index (χ2v) is 6.29. The summed E-state index contributed by atoms with van der Waals surface area (Å²) in [4.78, 5) is 25.0. The van der Waals surface area contributed by atoms with Gasteiger partial charge in [-0.15, -0.1) is 0 Å². The van der Waals surface area contributed by atoms with Crippen LogP contribution in [0.4, 0.5) is 17.5 Å². The Labute approximate surface area is 140 Å². The fourth-order valence-electron chi connectivity index (χ4n) is 2.75. The van der Waals surface area contributed by atoms with Crippen LogP contribution in [0.2, 0.25) is 0 Å². The number of aryl methyl sites for hydroxylation is 1. The molecule has 24 heavy (non-hydrogen) atoms. The first-order valence-corrected chi connectivity index (χ1v) is 7.98. The van der Waals surface area contributed by atoms with Gasteiger partial charge < -0.3 is 19.6 Å². The molecular formula is C16H22N6O2. The summed E-state index contributed by atoms with van der Waals surface area (Å²) in [6.45, 7) is 0. The van der Waals surface area contributed by atoms with Crippen LogP contribution in [0.15, 0.2) is 10.7 Å². The van der Waals surface area contributed by atoms with Gasteiger partial charge in [-0.25, -0.2) is 4.98 Å². The molecule has 2 heterocycles. The third-order valence-corrected chi connectivity index (χ3v) is 3.99. The summed E-state index contributed by atoms with van der Waals surface area (Å²) in [7, 11) is 7.48. The molecule has 0 unspecified atom stereocenters. The van der Waals surface area contributed by atoms with Gasteiger partial charge in [-0.05, 0) is 19.3 Å². The molecule has 0 saturated carbocycles. The van der Waals surface area contributed by atoms with Crippen LogP contribution in [0.1, 0.15) is 34.7 Å². The zero-order valence-corrected chi connectivity index (χ0v) is 14.5. The third-order valence-electron chi connectivity index (χ3n) is 3.99. The van der Waals surface area contributed by atoms with Crippen LogP contribution in [-0.2, 0) is 12.8 Å². The van der Waals surface area contributed by atoms with Crippen LogP contribution in [0.3, 0.4) is 0 Å². The lowest BCUT2D eigenvalue weighted by Gasteiger charge is -2.19. The standard InChI is InChI=1S/C16H22N6O2/c1-21(2)14-11(9-17-16(19-14)22(3)4)18-15(23)13-10-7-5-6-8-12(10)24-20-13/h9H,5-8H2,1-4H3,(H,18,23). The Kier molecular flexibility index (Phi) is 4.37. The Morgan fingerprint density at radius 2 is 1.92 bits per heavy atom. The molecule has 0 bridgehead atoms. The van der Waals surface area contributed by atoms with Crippen molar-refractivity contribution >= 4 is 23.4 Å². The van der Waals surface area contributed by atoms with Gasteiger partial charge >= 0.3 is 0 Å². The maximum absolute atomic E-state index is 12.6. The van der Waals surface area contributed by atoms with Crippen molar-refractivity contribution in [2.24, 2.45) is 0 Å². The molecule has 1 aliphatic rings. The normalized spacial score (nSPS) is 13.3. The van der Waals surface area contributed by atoms with Crippen molar-refractivity contribution in [3.05, 3.63) is 23.2 Å². The number of nitrogens with zero attached hydrogens (tertiary/aromatic N) is 5. The molecule has 0 aliphatic heterocycles. The minimum Gasteiger partial charge on any atom is -0.361 e. The fourth-order valence-corrected chi connectivity index (χ4v) is 2.75. The molecule has 1 amide bonds. The predicted molar refractivity (Wildman–Crippen MR) is 91.8 cm³/mol. The maximum atomic E-state index is 12.6. The average molecular weight is 330 g/mol. The van der Waals surface area contributed by atoms with E-state index in [0.29, 0.717) is 23.1 Å². The average Bonchev–Trinajstić information content (AvgIpc) is 2.98. The molecule has 0 aromatic carbocycles. The number of anilines is 3. The van der Waals surface area contributed by atoms with Crippen molar-refractivity contribution in [1.29, 1.82) is 0 Å². The zero-order valence-electron chi connectivity index (χ0n) is 14.5. The number of carbonyl (C=O) groups is 1. The summed E-state index contributed by atoms with van der Waals surface area (Å²) in [6, 6.07) is 0. The number of amides is 1. The van der Waals surface area contributed by atoms with Gasteiger partial charge in [-0.1, -0.05) is 5.16 Å². The smallest absolute Gasteiger partial charge is 0.278 e. The van der Waals surface area contributed by atoms with Gasteiger partial charge in [0.2, 0.25) is 5.95 Å². The summed E-state index contributed by atoms with van der Waals surface area (Å²) >= 11 is 0. The molecule has 3 rings (SSSR count). The number of aromatic nitrogens is 3. The first-order chi connectivity index (χ1) is 11.5. The molecule has 8 heteroatoms. The highest BCUT2D eigenvalue weighted by Gasteiger charge is 2.25. The van der Waals surface area contributed by atoms with Crippen molar-refractivity contribution in [2.45, 2.75) is 25.7 Å². The lowest BCUT2D eigenvalue weighted by molar-refractivity contribution is 0.101. The molecule has 0 radical (unpaired) electrons. The molecular weight excluding hydrogens is 308 g/mol. The van der Waals surface area contributed by atoms with Crippen molar-refractivity contribution in [3.8, 4) is 0 Å². The van der Waals surface area contributed by atoms with E-state index in [0.717, 1.165) is 37.0 Å². The minimum atomic E-state index is -0.286. The highest BCUT2D eigenvalue weighted by atomic mass is 16.5. The van der Waals surface area contributed by atoms with Crippen molar-refractivity contribution in [1.82, 2.24) is 15.1 Å². The van der Waals surface area contributed by atoms with E-state index >= 15 is 0 Å². The van der Waals surface area contributed by atoms with Gasteiger partial charge in [0.15, 0.2) is 11.5 Å². The van der Waals surface area contributed by atoms with Crippen LogP contribution in [-0.4, -0.2) is 49.2 Å². The number of carbonyl (C=O) groups excluding carboxylic acids is 1. The Morgan fingerprint density at radius 3 is 2.62 bits per heavy atom. The number of hydrogen-bond acceptors (Lipinski definition) is 7. The van der Waals surface area contributed by atoms with Gasteiger partial charge in [0, 0.05) is 40.2 Å². The summed E-state index contributed by atoms with van der Waals surface area (Å²) in [5, 5.41) is 6.83. The molecule has 0 atom stereocenters. The van der Waals surface area contributed by atoms with Crippen LogP contribution < -0.4 is 15.1 Å². The van der Waals surface area contributed by atoms with Gasteiger partial charge in [0.1, 0.15) is 11.4 Å². The molecule has 0 spiro atoms. The van der Waals surface area contributed by atoms with E-state index < -0.39 is 0 Å². The minimum absolute atomic E-state index is 0.286. The Balaban J connectivity index is 1.88. The number of hydrogen-bond donors (Lipinski definition) is 1. The largest absolute Gasteiger partial charge is 0.361 e. The van der Waals surface area contributed by atoms with E-state index in [2.05, 4.69) is 20.4 Å². The van der Waals surface area contributed by atoms with Gasteiger partial charge in [-0.2, -0.15) is 4.98 Å². The maximum Gasteiger partial charge on any atom is 0.278 e. The Bertz CT molecular complexity index is 753. The molecule has 2 aromatic rings. The Hall–Kier alpha value is -2.64. The van der Waals surface area contributed by atoms with Crippen LogP contribution in [0.25, 0.3) is 0 Å². The quantitative estimate of drug-likeness (QED) is 0.913. The van der Waals surface area contributed by atoms with E-state index in [1.54, 1.807) is 6.20 Å². The summed E-state index contributed by atoms with van der Waals surface area (Å²) in [5.41, 5.74) is 1.84. The van der Waals surface area contributed by atoms with Gasteiger partial charge in [0.25, 0.3) is 5.91 Å². The lowest BCUT2D eigenvalue weighted by atomic mass is 9.96. The van der Waals surface area contributed by atoms with Crippen LogP contribution in [0, 0.1) is 0 Å². The predicted octanol–water partition coefficient (Wildman–Crippen LogP) is 1.73. The van der Waals surface area contributed by atoms with Crippen molar-refractivity contribution < 1.29 is 9.32 Å². The first kappa shape index (κ1) is 16.2. The van der Waals surface area contributed by atoms with E-state index in [1.807, 2.05) is 38.0 Å². The molecule has 0 fully saturated rings. The molecule has 2 aromatic heterocycles. The number of fused-ring (bicyclic) bond motifs is 1. The van der Waals surface area contributed by atoms with Crippen molar-refractivity contribution in [2.75, 3.05) is 43.3 Å². The molecule has 1 aliphatic carbocycles. The third kappa shape index (κ3) is 3.04. The molecule has 128 valence electrons. The first-order valence-electron chi connectivity index (χ1n) is 7.98. The second kappa shape index (κ2) is 6.46. The van der Waals surface area contributed by atoms with Crippen LogP contribution >= 0.6 is 0 Å². The second-order valence-electron chi connectivity index (χ2n) is 6.29. The Morgan fingerprint density at radius 1 is 1.17 bits per heavy atom. The summed E-state index contributed by atoms with van der Waals surface area (Å²) in [5.74, 6) is 1.76. The molecule has 8 nitrogen and oxygen atoms in total. The highest BCUT2D eigenvalue weighted by Crippen LogP contribution is 2.27. The van der Waals surface area contributed by atoms with Crippen molar-refractivity contribution in [3.63, 3.8) is 0 Å². The van der Waals surface area contributed by atoms with Gasteiger partial charge in [0.05, 0.1) is 6.20 Å². The lowest BCUT2D eigenvalue weighted by Crippen LogP contribution is -2.21. The highest BCUT2D eigenvalue weighted by molar-refractivity contribution is 6.05. The van der Waals surface area contributed by atoms with E-state index in [4.69, 9.17) is 4.52 Å². The summed E-state index contributed by atoms with van der Waals surface area (Å²) < 4.78 is 5.32. The number of nitrogens with one attached hydrogen (secondary N) is 1. The van der Waals surface area contributed by atoms with Gasteiger partial charge in [-0.3, -0.25) is 4.79 Å². The van der Waals surface area contributed by atoms with Crippen LogP contribution in [0.5, 0.6) is 0 Å². The summed E-state index contributed by atoms with van der Waals surface area (Å²) in [6.07, 6.45) is 5.42. The van der Waals surface area contributed by atoms with E-state index in [9.17, 15) is 4.79 Å². The monoisotopic (exact) mass is 330 g/mol. The SMILES string of the molecule is CN(C)c1ncc(NC(=O)c2noc3c2CCCC3)c(N(C)C)n1. The zero-order chi connectivity index (χ0) is 17.3. The van der Waals surface area contributed by atoms with E-state index in [-0.39, 0.29) is 5.91 Å². The topological polar surface area (TPSA) is 87.4 Å². The molecule has 0 saturated heterocycles. The molecule has 1 N–H and O–H groups in total. The number of rotatable bonds is 4.